The highest BCUT2D eigenvalue weighted by atomic mass is 32.2. The van der Waals surface area contributed by atoms with Crippen LogP contribution in [0.1, 0.15) is 27.7 Å². The third-order valence-corrected chi connectivity index (χ3v) is 2.13. The number of hydrogen-bond acceptors (Lipinski definition) is 1. The van der Waals surface area contributed by atoms with Crippen LogP contribution in [0.4, 0.5) is 0 Å². The molecule has 0 aliphatic carbocycles. The summed E-state index contributed by atoms with van der Waals surface area (Å²) >= 11 is 1.93. The smallest absolute Gasteiger partial charge is 0.0184 e. The van der Waals surface area contributed by atoms with E-state index in [2.05, 4.69) is 31.7 Å². The van der Waals surface area contributed by atoms with Crippen molar-refractivity contribution >= 4 is 11.8 Å². The molecule has 0 aliphatic rings. The van der Waals surface area contributed by atoms with E-state index in [-0.39, 0.29) is 0 Å². The lowest BCUT2D eigenvalue weighted by Gasteiger charge is -1.97. The van der Waals surface area contributed by atoms with Gasteiger partial charge in [0.1, 0.15) is 0 Å². The Hall–Kier alpha value is -0.430. The van der Waals surface area contributed by atoms with Crippen LogP contribution < -0.4 is 0 Å². The van der Waals surface area contributed by atoms with E-state index >= 15 is 0 Å². The molecule has 0 heterocycles. The molecule has 0 aromatic carbocycles. The second-order valence-electron chi connectivity index (χ2n) is 2.11. The fourth-order valence-electron chi connectivity index (χ4n) is 0.737. The Bertz CT molecular complexity index is 155. The Balaban J connectivity index is 0. The van der Waals surface area contributed by atoms with Crippen LogP contribution in [0.3, 0.4) is 0 Å². The summed E-state index contributed by atoms with van der Waals surface area (Å²) < 4.78 is 0. The molecular weight excluding hydrogens is 176 g/mol. The predicted molar refractivity (Wildman–Crippen MR) is 67.4 cm³/mol. The first-order chi connectivity index (χ1) is 6.35. The second kappa shape index (κ2) is 14.1. The van der Waals surface area contributed by atoms with E-state index in [1.165, 1.54) is 11.3 Å². The van der Waals surface area contributed by atoms with Gasteiger partial charge in [-0.05, 0) is 18.2 Å². The van der Waals surface area contributed by atoms with Gasteiger partial charge in [0, 0.05) is 5.75 Å². The molecule has 0 radical (unpaired) electrons. The molecule has 0 unspecified atom stereocenters. The summed E-state index contributed by atoms with van der Waals surface area (Å²) in [6.45, 7) is 11.9. The van der Waals surface area contributed by atoms with Crippen molar-refractivity contribution in [3.63, 3.8) is 0 Å². The number of rotatable bonds is 5. The lowest BCUT2D eigenvalue weighted by atomic mass is 10.2. The Kier molecular flexibility index (Phi) is 16.4. The lowest BCUT2D eigenvalue weighted by Crippen LogP contribution is -1.82. The van der Waals surface area contributed by atoms with Crippen molar-refractivity contribution in [1.29, 1.82) is 0 Å². The van der Waals surface area contributed by atoms with Gasteiger partial charge in [-0.2, -0.15) is 11.8 Å². The van der Waals surface area contributed by atoms with Crippen molar-refractivity contribution in [2.75, 3.05) is 11.5 Å². The van der Waals surface area contributed by atoms with Gasteiger partial charge in [0.25, 0.3) is 0 Å². The molecule has 1 heteroatoms. The third-order valence-electron chi connectivity index (χ3n) is 1.19. The van der Waals surface area contributed by atoms with Crippen LogP contribution in [0.15, 0.2) is 36.5 Å². The average molecular weight is 198 g/mol. The zero-order chi connectivity index (χ0) is 10.5. The quantitative estimate of drug-likeness (QED) is 0.588. The van der Waals surface area contributed by atoms with E-state index in [1.807, 2.05) is 38.6 Å². The normalized spacial score (nSPS) is 10.9. The minimum atomic E-state index is 1.09. The molecular formula is C12H22S. The first-order valence-corrected chi connectivity index (χ1v) is 6.02. The Labute approximate surface area is 87.8 Å². The molecule has 0 fully saturated rings. The van der Waals surface area contributed by atoms with Gasteiger partial charge in [-0.3, -0.25) is 0 Å². The van der Waals surface area contributed by atoms with Gasteiger partial charge in [-0.15, -0.1) is 0 Å². The summed E-state index contributed by atoms with van der Waals surface area (Å²) in [5, 5.41) is 0. The van der Waals surface area contributed by atoms with E-state index in [0.29, 0.717) is 0 Å². The highest BCUT2D eigenvalue weighted by Gasteiger charge is 1.88. The fourth-order valence-corrected chi connectivity index (χ4v) is 1.37. The van der Waals surface area contributed by atoms with Gasteiger partial charge in [0.05, 0.1) is 0 Å². The van der Waals surface area contributed by atoms with E-state index < -0.39 is 0 Å². The summed E-state index contributed by atoms with van der Waals surface area (Å²) in [5.41, 5.74) is 1.34. The average Bonchev–Trinajstić information content (AvgIpc) is 2.18. The predicted octanol–water partition coefficient (Wildman–Crippen LogP) is 4.45. The summed E-state index contributed by atoms with van der Waals surface area (Å²) in [5.74, 6) is 2.26. The van der Waals surface area contributed by atoms with Crippen molar-refractivity contribution in [3.8, 4) is 0 Å². The summed E-state index contributed by atoms with van der Waals surface area (Å²) in [4.78, 5) is 0. The van der Waals surface area contributed by atoms with Gasteiger partial charge in [0.15, 0.2) is 0 Å². The fraction of sp³-hybridized carbons (Fsp3) is 0.500. The number of allylic oxidation sites excluding steroid dienone is 4. The first-order valence-electron chi connectivity index (χ1n) is 4.87. The molecule has 0 aromatic heterocycles. The van der Waals surface area contributed by atoms with Crippen LogP contribution in [0.25, 0.3) is 0 Å². The Morgan fingerprint density at radius 2 is 2.00 bits per heavy atom. The molecule has 0 aromatic rings. The van der Waals surface area contributed by atoms with Crippen LogP contribution in [0, 0.1) is 0 Å². The standard InChI is InChI=1S/C10H16S.C2H6/c1-4-7-10(8-5-2)9-11-6-3;1-2/h4-5,7-8H,1,6,9H2,2-3H3;1-2H3/b8-5-,10-7+;. The summed E-state index contributed by atoms with van der Waals surface area (Å²) in [6, 6.07) is 0. The third kappa shape index (κ3) is 11.6. The van der Waals surface area contributed by atoms with Gasteiger partial charge >= 0.3 is 0 Å². The SMILES string of the molecule is C=C/C=C(\C=C/C)CSCC.CC. The van der Waals surface area contributed by atoms with E-state index in [4.69, 9.17) is 0 Å². The molecule has 0 atom stereocenters. The highest BCUT2D eigenvalue weighted by Crippen LogP contribution is 2.08. The maximum Gasteiger partial charge on any atom is 0.0184 e. The van der Waals surface area contributed by atoms with Gasteiger partial charge in [0.2, 0.25) is 0 Å². The van der Waals surface area contributed by atoms with Crippen LogP contribution in [-0.2, 0) is 0 Å². The summed E-state index contributed by atoms with van der Waals surface area (Å²) in [6.07, 6.45) is 8.09. The Morgan fingerprint density at radius 1 is 1.38 bits per heavy atom. The Morgan fingerprint density at radius 3 is 2.38 bits per heavy atom. The molecule has 0 saturated carbocycles. The molecule has 13 heavy (non-hydrogen) atoms. The second-order valence-corrected chi connectivity index (χ2v) is 3.39. The van der Waals surface area contributed by atoms with Crippen LogP contribution in [0.2, 0.25) is 0 Å². The molecule has 76 valence electrons. The maximum atomic E-state index is 3.67. The van der Waals surface area contributed by atoms with Crippen LogP contribution in [-0.4, -0.2) is 11.5 Å². The largest absolute Gasteiger partial charge is 0.158 e. The summed E-state index contributed by atoms with van der Waals surface area (Å²) in [7, 11) is 0. The van der Waals surface area contributed by atoms with Gasteiger partial charge in [-0.25, -0.2) is 0 Å². The monoisotopic (exact) mass is 198 g/mol. The van der Waals surface area contributed by atoms with Gasteiger partial charge in [-0.1, -0.05) is 51.7 Å². The van der Waals surface area contributed by atoms with Crippen LogP contribution >= 0.6 is 11.8 Å². The molecule has 0 aliphatic heterocycles. The zero-order valence-corrected chi connectivity index (χ0v) is 10.2. The van der Waals surface area contributed by atoms with Crippen molar-refractivity contribution in [1.82, 2.24) is 0 Å². The van der Waals surface area contributed by atoms with Crippen molar-refractivity contribution in [2.45, 2.75) is 27.7 Å². The lowest BCUT2D eigenvalue weighted by molar-refractivity contribution is 1.47. The van der Waals surface area contributed by atoms with E-state index in [1.54, 1.807) is 0 Å². The first kappa shape index (κ1) is 15.1. The van der Waals surface area contributed by atoms with Crippen molar-refractivity contribution in [2.24, 2.45) is 0 Å². The molecule has 0 N–H and O–H groups in total. The van der Waals surface area contributed by atoms with Gasteiger partial charge < -0.3 is 0 Å². The van der Waals surface area contributed by atoms with E-state index in [9.17, 15) is 0 Å². The molecule has 0 amide bonds. The molecule has 0 nitrogen and oxygen atoms in total. The van der Waals surface area contributed by atoms with E-state index in [0.717, 1.165) is 5.75 Å². The van der Waals surface area contributed by atoms with Crippen molar-refractivity contribution < 1.29 is 0 Å². The highest BCUT2D eigenvalue weighted by molar-refractivity contribution is 7.99. The van der Waals surface area contributed by atoms with Crippen LogP contribution in [0.5, 0.6) is 0 Å². The minimum absolute atomic E-state index is 1.09. The topological polar surface area (TPSA) is 0 Å². The maximum absolute atomic E-state index is 3.67. The molecule has 0 rings (SSSR count). The van der Waals surface area contributed by atoms with Crippen molar-refractivity contribution in [3.05, 3.63) is 36.5 Å². The number of hydrogen-bond donors (Lipinski definition) is 0. The number of thioether (sulfide) groups is 1. The molecule has 0 bridgehead atoms. The molecule has 0 saturated heterocycles. The zero-order valence-electron chi connectivity index (χ0n) is 9.34. The minimum Gasteiger partial charge on any atom is -0.158 e. The molecule has 0 spiro atoms.